The SMILES string of the molecule is CC(=O)C=CC1COC(CC(C)=O)CC1(C)O. The number of Topliss-reactive ketones (excluding diaryl/α,β-unsaturated/α-hetero) is 1. The zero-order valence-corrected chi connectivity index (χ0v) is 10.6. The van der Waals surface area contributed by atoms with Crippen LogP contribution < -0.4 is 0 Å². The first-order chi connectivity index (χ1) is 7.81. The van der Waals surface area contributed by atoms with Crippen LogP contribution in [-0.2, 0) is 14.3 Å². The van der Waals surface area contributed by atoms with Crippen molar-refractivity contribution in [2.75, 3.05) is 6.61 Å². The average molecular weight is 240 g/mol. The van der Waals surface area contributed by atoms with Crippen LogP contribution in [0.25, 0.3) is 0 Å². The molecule has 1 heterocycles. The maximum Gasteiger partial charge on any atom is 0.152 e. The molecule has 0 aromatic heterocycles. The monoisotopic (exact) mass is 240 g/mol. The van der Waals surface area contributed by atoms with Crippen LogP contribution in [-0.4, -0.2) is 35.0 Å². The number of hydrogen-bond acceptors (Lipinski definition) is 4. The second-order valence-electron chi connectivity index (χ2n) is 5.00. The van der Waals surface area contributed by atoms with Gasteiger partial charge in [-0.3, -0.25) is 9.59 Å². The van der Waals surface area contributed by atoms with Gasteiger partial charge in [0.25, 0.3) is 0 Å². The number of carbonyl (C=O) groups excluding carboxylic acids is 2. The van der Waals surface area contributed by atoms with Gasteiger partial charge < -0.3 is 9.84 Å². The second kappa shape index (κ2) is 5.56. The molecule has 0 saturated carbocycles. The van der Waals surface area contributed by atoms with Crippen LogP contribution in [0.15, 0.2) is 12.2 Å². The molecule has 0 spiro atoms. The van der Waals surface area contributed by atoms with E-state index in [4.69, 9.17) is 4.74 Å². The van der Waals surface area contributed by atoms with Crippen molar-refractivity contribution in [3.63, 3.8) is 0 Å². The van der Waals surface area contributed by atoms with E-state index in [9.17, 15) is 14.7 Å². The molecule has 1 rings (SSSR count). The van der Waals surface area contributed by atoms with E-state index >= 15 is 0 Å². The molecule has 3 atom stereocenters. The molecule has 3 unspecified atom stereocenters. The first-order valence-corrected chi connectivity index (χ1v) is 5.83. The zero-order valence-electron chi connectivity index (χ0n) is 10.6. The summed E-state index contributed by atoms with van der Waals surface area (Å²) in [7, 11) is 0. The third-order valence-corrected chi connectivity index (χ3v) is 3.03. The summed E-state index contributed by atoms with van der Waals surface area (Å²) in [6, 6.07) is 0. The van der Waals surface area contributed by atoms with Crippen LogP contribution in [0.1, 0.15) is 33.6 Å². The van der Waals surface area contributed by atoms with Crippen LogP contribution >= 0.6 is 0 Å². The van der Waals surface area contributed by atoms with Gasteiger partial charge in [0.15, 0.2) is 5.78 Å². The molecule has 0 bridgehead atoms. The van der Waals surface area contributed by atoms with Crippen LogP contribution in [0.3, 0.4) is 0 Å². The summed E-state index contributed by atoms with van der Waals surface area (Å²) in [5.41, 5.74) is -0.926. The lowest BCUT2D eigenvalue weighted by molar-refractivity contribution is -0.136. The average Bonchev–Trinajstić information content (AvgIpc) is 2.13. The minimum absolute atomic E-state index is 0.0494. The summed E-state index contributed by atoms with van der Waals surface area (Å²) in [6.45, 7) is 5.04. The normalized spacial score (nSPS) is 33.9. The number of hydrogen-bond donors (Lipinski definition) is 1. The summed E-state index contributed by atoms with van der Waals surface area (Å²) in [6.07, 6.45) is 3.67. The smallest absolute Gasteiger partial charge is 0.152 e. The van der Waals surface area contributed by atoms with E-state index < -0.39 is 5.60 Å². The topological polar surface area (TPSA) is 63.6 Å². The number of ether oxygens (including phenoxy) is 1. The van der Waals surface area contributed by atoms with Crippen molar-refractivity contribution < 1.29 is 19.4 Å². The molecule has 1 saturated heterocycles. The number of ketones is 2. The van der Waals surface area contributed by atoms with Gasteiger partial charge in [0.1, 0.15) is 5.78 Å². The molecule has 96 valence electrons. The predicted octanol–water partition coefficient (Wildman–Crippen LogP) is 1.27. The maximum absolute atomic E-state index is 11.0. The first-order valence-electron chi connectivity index (χ1n) is 5.83. The summed E-state index contributed by atoms with van der Waals surface area (Å²) < 4.78 is 5.53. The van der Waals surface area contributed by atoms with E-state index in [0.29, 0.717) is 19.4 Å². The van der Waals surface area contributed by atoms with E-state index in [-0.39, 0.29) is 23.6 Å². The molecule has 0 amide bonds. The Kier molecular flexibility index (Phi) is 4.60. The van der Waals surface area contributed by atoms with Gasteiger partial charge in [-0.1, -0.05) is 6.08 Å². The quantitative estimate of drug-likeness (QED) is 0.751. The van der Waals surface area contributed by atoms with Crippen molar-refractivity contribution in [2.45, 2.75) is 45.3 Å². The Morgan fingerprint density at radius 3 is 2.59 bits per heavy atom. The molecule has 1 fully saturated rings. The highest BCUT2D eigenvalue weighted by Gasteiger charge is 2.38. The van der Waals surface area contributed by atoms with Gasteiger partial charge in [0, 0.05) is 18.8 Å². The fraction of sp³-hybridized carbons (Fsp3) is 0.692. The molecular formula is C13H20O4. The van der Waals surface area contributed by atoms with Crippen molar-refractivity contribution >= 4 is 11.6 Å². The van der Waals surface area contributed by atoms with Crippen molar-refractivity contribution in [3.8, 4) is 0 Å². The molecular weight excluding hydrogens is 220 g/mol. The minimum atomic E-state index is -0.926. The summed E-state index contributed by atoms with van der Waals surface area (Å²) in [5.74, 6) is -0.190. The van der Waals surface area contributed by atoms with Crippen molar-refractivity contribution in [3.05, 3.63) is 12.2 Å². The third kappa shape index (κ3) is 4.40. The Labute approximate surface area is 102 Å². The molecule has 1 aliphatic heterocycles. The summed E-state index contributed by atoms with van der Waals surface area (Å²) in [4.78, 5) is 21.9. The van der Waals surface area contributed by atoms with Crippen LogP contribution in [0.5, 0.6) is 0 Å². The van der Waals surface area contributed by atoms with Crippen molar-refractivity contribution in [1.82, 2.24) is 0 Å². The molecule has 0 radical (unpaired) electrons. The second-order valence-corrected chi connectivity index (χ2v) is 5.00. The number of rotatable bonds is 4. The zero-order chi connectivity index (χ0) is 13.1. The number of carbonyl (C=O) groups is 2. The Hall–Kier alpha value is -1.00. The highest BCUT2D eigenvalue weighted by atomic mass is 16.5. The largest absolute Gasteiger partial charge is 0.389 e. The van der Waals surface area contributed by atoms with Gasteiger partial charge in [0.2, 0.25) is 0 Å². The van der Waals surface area contributed by atoms with Crippen LogP contribution in [0, 0.1) is 5.92 Å². The predicted molar refractivity (Wildman–Crippen MR) is 63.6 cm³/mol. The third-order valence-electron chi connectivity index (χ3n) is 3.03. The van der Waals surface area contributed by atoms with Crippen molar-refractivity contribution in [2.24, 2.45) is 5.92 Å². The molecule has 1 N–H and O–H groups in total. The fourth-order valence-corrected chi connectivity index (χ4v) is 2.06. The van der Waals surface area contributed by atoms with Gasteiger partial charge in [0.05, 0.1) is 18.3 Å². The molecule has 17 heavy (non-hydrogen) atoms. The lowest BCUT2D eigenvalue weighted by atomic mass is 9.81. The fourth-order valence-electron chi connectivity index (χ4n) is 2.06. The van der Waals surface area contributed by atoms with E-state index in [1.165, 1.54) is 19.9 Å². The standard InChI is InChI=1S/C13H20O4/c1-9(14)4-5-11-8-17-12(6-10(2)15)7-13(11,3)16/h4-5,11-12,16H,6-8H2,1-3H3. The summed E-state index contributed by atoms with van der Waals surface area (Å²) >= 11 is 0. The highest BCUT2D eigenvalue weighted by Crippen LogP contribution is 2.31. The lowest BCUT2D eigenvalue weighted by Gasteiger charge is -2.39. The van der Waals surface area contributed by atoms with Gasteiger partial charge in [-0.05, 0) is 26.8 Å². The Morgan fingerprint density at radius 1 is 1.47 bits per heavy atom. The molecule has 0 aliphatic carbocycles. The summed E-state index contributed by atoms with van der Waals surface area (Å²) in [5, 5.41) is 10.3. The molecule has 0 aromatic rings. The number of allylic oxidation sites excluding steroid dienone is 1. The molecule has 4 nitrogen and oxygen atoms in total. The molecule has 4 heteroatoms. The van der Waals surface area contributed by atoms with Gasteiger partial charge in [-0.25, -0.2) is 0 Å². The molecule has 1 aliphatic rings. The number of aliphatic hydroxyl groups is 1. The van der Waals surface area contributed by atoms with Crippen molar-refractivity contribution in [1.29, 1.82) is 0 Å². The van der Waals surface area contributed by atoms with Gasteiger partial charge in [-0.15, -0.1) is 0 Å². The Balaban J connectivity index is 2.63. The Morgan fingerprint density at radius 2 is 2.12 bits per heavy atom. The van der Waals surface area contributed by atoms with Crippen LogP contribution in [0.2, 0.25) is 0 Å². The van der Waals surface area contributed by atoms with E-state index in [1.807, 2.05) is 0 Å². The Bertz CT molecular complexity index is 330. The molecule has 0 aromatic carbocycles. The van der Waals surface area contributed by atoms with Gasteiger partial charge in [-0.2, -0.15) is 0 Å². The van der Waals surface area contributed by atoms with E-state index in [0.717, 1.165) is 0 Å². The maximum atomic E-state index is 11.0. The van der Waals surface area contributed by atoms with E-state index in [1.54, 1.807) is 13.0 Å². The van der Waals surface area contributed by atoms with Gasteiger partial charge >= 0.3 is 0 Å². The highest BCUT2D eigenvalue weighted by molar-refractivity contribution is 5.87. The lowest BCUT2D eigenvalue weighted by Crippen LogP contribution is -2.46. The minimum Gasteiger partial charge on any atom is -0.389 e. The van der Waals surface area contributed by atoms with Crippen LogP contribution in [0.4, 0.5) is 0 Å². The first kappa shape index (κ1) is 14.1. The van der Waals surface area contributed by atoms with E-state index in [2.05, 4.69) is 0 Å².